The molecule has 1 amide bonds. The molecule has 5 rings (SSSR count). The van der Waals surface area contributed by atoms with Crippen LogP contribution in [0.3, 0.4) is 0 Å². The van der Waals surface area contributed by atoms with Crippen LogP contribution in [0, 0.1) is 5.92 Å². The highest BCUT2D eigenvalue weighted by Gasteiger charge is 2.33. The Balaban J connectivity index is 1.46. The Hall–Kier alpha value is -2.96. The Bertz CT molecular complexity index is 1070. The summed E-state index contributed by atoms with van der Waals surface area (Å²) in [5, 5.41) is 12.1. The minimum absolute atomic E-state index is 0.117. The van der Waals surface area contributed by atoms with Crippen molar-refractivity contribution in [3.05, 3.63) is 59.0 Å². The molecule has 1 fully saturated rings. The Morgan fingerprint density at radius 1 is 1.13 bits per heavy atom. The number of rotatable bonds is 6. The molecule has 0 radical (unpaired) electrons. The van der Waals surface area contributed by atoms with Gasteiger partial charge in [0.15, 0.2) is 11.5 Å². The number of fused-ring (bicyclic) bond motifs is 1. The van der Waals surface area contributed by atoms with Crippen LogP contribution in [0.1, 0.15) is 91.4 Å². The highest BCUT2D eigenvalue weighted by Crippen LogP contribution is 2.38. The van der Waals surface area contributed by atoms with E-state index >= 15 is 0 Å². The molecule has 0 saturated heterocycles. The monoisotopic (exact) mass is 419 g/mol. The molecule has 0 spiro atoms. The maximum atomic E-state index is 13.4. The van der Waals surface area contributed by atoms with Gasteiger partial charge in [-0.2, -0.15) is 10.1 Å². The molecule has 1 saturated carbocycles. The number of nitrogens with one attached hydrogen (secondary N) is 1. The quantitative estimate of drug-likeness (QED) is 0.593. The summed E-state index contributed by atoms with van der Waals surface area (Å²) in [4.78, 5) is 18.0. The number of hydrogen-bond acceptors (Lipinski definition) is 5. The van der Waals surface area contributed by atoms with Crippen LogP contribution in [-0.2, 0) is 12.8 Å². The normalized spacial score (nSPS) is 17.3. The van der Waals surface area contributed by atoms with Crippen molar-refractivity contribution in [3.63, 3.8) is 0 Å². The third kappa shape index (κ3) is 4.01. The molecule has 3 aromatic rings. The molecule has 7 heteroatoms. The van der Waals surface area contributed by atoms with Crippen molar-refractivity contribution < 1.29 is 9.32 Å². The van der Waals surface area contributed by atoms with E-state index in [0.717, 1.165) is 61.3 Å². The number of carbonyl (C=O) groups excluding carboxylic acids is 1. The highest BCUT2D eigenvalue weighted by atomic mass is 16.5. The molecule has 0 aliphatic heterocycles. The number of amides is 1. The lowest BCUT2D eigenvalue weighted by Gasteiger charge is -2.18. The summed E-state index contributed by atoms with van der Waals surface area (Å²) in [5.41, 5.74) is 3.74. The van der Waals surface area contributed by atoms with Gasteiger partial charge in [-0.1, -0.05) is 43.6 Å². The largest absolute Gasteiger partial charge is 0.339 e. The van der Waals surface area contributed by atoms with Crippen LogP contribution in [0.25, 0.3) is 5.69 Å². The van der Waals surface area contributed by atoms with Gasteiger partial charge in [-0.3, -0.25) is 4.79 Å². The van der Waals surface area contributed by atoms with E-state index in [4.69, 9.17) is 9.62 Å². The van der Waals surface area contributed by atoms with E-state index in [-0.39, 0.29) is 17.9 Å². The average molecular weight is 420 g/mol. The number of para-hydroxylation sites is 1. The van der Waals surface area contributed by atoms with Gasteiger partial charge < -0.3 is 9.84 Å². The van der Waals surface area contributed by atoms with Gasteiger partial charge in [0, 0.05) is 17.2 Å². The summed E-state index contributed by atoms with van der Waals surface area (Å²) in [6.45, 7) is 4.10. The molecule has 2 aliphatic rings. The minimum Gasteiger partial charge on any atom is -0.339 e. The van der Waals surface area contributed by atoms with Gasteiger partial charge in [0.05, 0.1) is 5.69 Å². The zero-order valence-corrected chi connectivity index (χ0v) is 18.2. The molecule has 1 aromatic carbocycles. The maximum absolute atomic E-state index is 13.4. The molecule has 2 heterocycles. The van der Waals surface area contributed by atoms with E-state index in [1.807, 2.05) is 35.0 Å². The van der Waals surface area contributed by atoms with Crippen molar-refractivity contribution in [1.29, 1.82) is 0 Å². The van der Waals surface area contributed by atoms with Crippen molar-refractivity contribution in [2.24, 2.45) is 5.92 Å². The van der Waals surface area contributed by atoms with Crippen molar-refractivity contribution in [3.8, 4) is 5.69 Å². The second-order valence-electron chi connectivity index (χ2n) is 9.04. The van der Waals surface area contributed by atoms with Crippen LogP contribution in [0.2, 0.25) is 0 Å². The summed E-state index contributed by atoms with van der Waals surface area (Å²) in [5.74, 6) is 1.61. The van der Waals surface area contributed by atoms with Gasteiger partial charge in [-0.15, -0.1) is 0 Å². The molecular formula is C24H29N5O2. The van der Waals surface area contributed by atoms with Gasteiger partial charge in [0.25, 0.3) is 5.91 Å². The van der Waals surface area contributed by atoms with Crippen molar-refractivity contribution in [1.82, 2.24) is 25.2 Å². The van der Waals surface area contributed by atoms with E-state index in [1.165, 1.54) is 6.42 Å². The average Bonchev–Trinajstić information content (AvgIpc) is 3.48. The Labute approximate surface area is 182 Å². The zero-order chi connectivity index (χ0) is 21.4. The van der Waals surface area contributed by atoms with E-state index in [0.29, 0.717) is 17.5 Å². The first-order valence-corrected chi connectivity index (χ1v) is 11.4. The van der Waals surface area contributed by atoms with Crippen molar-refractivity contribution in [2.45, 2.75) is 70.8 Å². The van der Waals surface area contributed by atoms with E-state index in [9.17, 15) is 4.79 Å². The zero-order valence-electron chi connectivity index (χ0n) is 18.2. The fraction of sp³-hybridized carbons (Fsp3) is 0.500. The van der Waals surface area contributed by atoms with Crippen LogP contribution < -0.4 is 5.32 Å². The Morgan fingerprint density at radius 2 is 1.90 bits per heavy atom. The van der Waals surface area contributed by atoms with E-state index in [1.54, 1.807) is 0 Å². The molecule has 0 bridgehead atoms. The molecule has 2 aromatic heterocycles. The third-order valence-corrected chi connectivity index (χ3v) is 6.27. The minimum atomic E-state index is -0.337. The standard InChI is InChI=1S/C24H29N5O2/c1-15(2)20(24-26-22(28-31-24)16-13-14-16)25-23(30)21-18-11-7-4-8-12-19(18)29(27-21)17-9-5-3-6-10-17/h3,5-6,9-10,15-16,20H,4,7-8,11-14H2,1-2H3,(H,25,30). The summed E-state index contributed by atoms with van der Waals surface area (Å²) >= 11 is 0. The predicted molar refractivity (Wildman–Crippen MR) is 116 cm³/mol. The molecule has 1 unspecified atom stereocenters. The third-order valence-electron chi connectivity index (χ3n) is 6.27. The molecular weight excluding hydrogens is 390 g/mol. The number of carbonyl (C=O) groups is 1. The van der Waals surface area contributed by atoms with Gasteiger partial charge >= 0.3 is 0 Å². The maximum Gasteiger partial charge on any atom is 0.272 e. The lowest BCUT2D eigenvalue weighted by molar-refractivity contribution is 0.0907. The van der Waals surface area contributed by atoms with Crippen LogP contribution >= 0.6 is 0 Å². The number of benzene rings is 1. The Kier molecular flexibility index (Phi) is 5.34. The van der Waals surface area contributed by atoms with Gasteiger partial charge in [-0.05, 0) is 56.6 Å². The topological polar surface area (TPSA) is 85.8 Å². The SMILES string of the molecule is CC(C)C(NC(=O)c1nn(-c2ccccc2)c2c1CCCCC2)c1nc(C2CC2)no1. The van der Waals surface area contributed by atoms with Gasteiger partial charge in [0.1, 0.15) is 6.04 Å². The predicted octanol–water partition coefficient (Wildman–Crippen LogP) is 4.53. The van der Waals surface area contributed by atoms with Crippen LogP contribution in [0.4, 0.5) is 0 Å². The molecule has 2 aliphatic carbocycles. The van der Waals surface area contributed by atoms with Crippen LogP contribution in [0.15, 0.2) is 34.9 Å². The lowest BCUT2D eigenvalue weighted by Crippen LogP contribution is -2.33. The molecule has 7 nitrogen and oxygen atoms in total. The summed E-state index contributed by atoms with van der Waals surface area (Å²) in [6.07, 6.45) is 7.41. The molecule has 31 heavy (non-hydrogen) atoms. The number of nitrogens with zero attached hydrogens (tertiary/aromatic N) is 4. The van der Waals surface area contributed by atoms with E-state index in [2.05, 4.69) is 29.3 Å². The summed E-state index contributed by atoms with van der Waals surface area (Å²) < 4.78 is 7.49. The second kappa shape index (κ2) is 8.29. The molecule has 162 valence electrons. The highest BCUT2D eigenvalue weighted by molar-refractivity contribution is 5.94. The summed E-state index contributed by atoms with van der Waals surface area (Å²) in [7, 11) is 0. The first-order chi connectivity index (χ1) is 15.1. The van der Waals surface area contributed by atoms with Crippen molar-refractivity contribution in [2.75, 3.05) is 0 Å². The molecule has 1 atom stereocenters. The first kappa shape index (κ1) is 20.0. The van der Waals surface area contributed by atoms with Gasteiger partial charge in [-0.25, -0.2) is 4.68 Å². The van der Waals surface area contributed by atoms with Crippen LogP contribution in [-0.4, -0.2) is 25.8 Å². The molecule has 1 N–H and O–H groups in total. The fourth-order valence-electron chi connectivity index (χ4n) is 4.35. The van der Waals surface area contributed by atoms with E-state index < -0.39 is 0 Å². The first-order valence-electron chi connectivity index (χ1n) is 11.4. The van der Waals surface area contributed by atoms with Gasteiger partial charge in [0.2, 0.25) is 5.89 Å². The second-order valence-corrected chi connectivity index (χ2v) is 9.04. The van der Waals surface area contributed by atoms with Crippen molar-refractivity contribution >= 4 is 5.91 Å². The number of aromatic nitrogens is 4. The summed E-state index contributed by atoms with van der Waals surface area (Å²) in [6, 6.07) is 9.73. The lowest BCUT2D eigenvalue weighted by atomic mass is 10.0. The smallest absolute Gasteiger partial charge is 0.272 e. The number of hydrogen-bond donors (Lipinski definition) is 1. The fourth-order valence-corrected chi connectivity index (χ4v) is 4.35. The van der Waals surface area contributed by atoms with Crippen LogP contribution in [0.5, 0.6) is 0 Å². The Morgan fingerprint density at radius 3 is 2.65 bits per heavy atom.